The fraction of sp³-hybridized carbons (Fsp3) is 0.0625. The van der Waals surface area contributed by atoms with Crippen molar-refractivity contribution in [3.8, 4) is 10.6 Å². The molecule has 0 fully saturated rings. The van der Waals surface area contributed by atoms with Crippen LogP contribution < -0.4 is 5.32 Å². The van der Waals surface area contributed by atoms with Gasteiger partial charge in [0.25, 0.3) is 5.91 Å². The van der Waals surface area contributed by atoms with E-state index in [1.54, 1.807) is 12.1 Å². The standard InChI is InChI=1S/C16H13N3OS/c1-11-6-5-9-13(10-11)15-18-19-16(21-15)17-14(20)12-7-3-2-4-8-12/h2-10H,1H3,(H,17,19,20). The molecule has 0 saturated heterocycles. The van der Waals surface area contributed by atoms with E-state index >= 15 is 0 Å². The first-order valence-electron chi connectivity index (χ1n) is 6.49. The van der Waals surface area contributed by atoms with Crippen LogP contribution in [0.4, 0.5) is 5.13 Å². The monoisotopic (exact) mass is 295 g/mol. The number of rotatable bonds is 3. The molecule has 1 aromatic heterocycles. The third kappa shape index (κ3) is 3.14. The van der Waals surface area contributed by atoms with E-state index < -0.39 is 0 Å². The molecule has 0 unspecified atom stereocenters. The summed E-state index contributed by atoms with van der Waals surface area (Å²) in [7, 11) is 0. The van der Waals surface area contributed by atoms with E-state index in [9.17, 15) is 4.79 Å². The van der Waals surface area contributed by atoms with Crippen LogP contribution in [0.1, 0.15) is 15.9 Å². The number of hydrogen-bond acceptors (Lipinski definition) is 4. The fourth-order valence-electron chi connectivity index (χ4n) is 1.93. The second-order valence-corrected chi connectivity index (χ2v) is 5.58. The van der Waals surface area contributed by atoms with Crippen LogP contribution in [0.5, 0.6) is 0 Å². The molecule has 2 aromatic carbocycles. The summed E-state index contributed by atoms with van der Waals surface area (Å²) in [5, 5.41) is 12.2. The molecule has 0 bridgehead atoms. The molecule has 0 atom stereocenters. The Bertz CT molecular complexity index is 768. The van der Waals surface area contributed by atoms with Gasteiger partial charge >= 0.3 is 0 Å². The summed E-state index contributed by atoms with van der Waals surface area (Å²) in [4.78, 5) is 12.0. The summed E-state index contributed by atoms with van der Waals surface area (Å²) in [5.74, 6) is -0.178. The number of nitrogens with one attached hydrogen (secondary N) is 1. The van der Waals surface area contributed by atoms with Crippen molar-refractivity contribution >= 4 is 22.4 Å². The fourth-order valence-corrected chi connectivity index (χ4v) is 2.66. The molecule has 3 rings (SSSR count). The van der Waals surface area contributed by atoms with Crippen molar-refractivity contribution in [2.75, 3.05) is 5.32 Å². The van der Waals surface area contributed by atoms with Crippen LogP contribution in [0, 0.1) is 6.92 Å². The Morgan fingerprint density at radius 1 is 1.05 bits per heavy atom. The predicted octanol–water partition coefficient (Wildman–Crippen LogP) is 3.77. The van der Waals surface area contributed by atoms with Gasteiger partial charge < -0.3 is 0 Å². The molecule has 5 heteroatoms. The third-order valence-corrected chi connectivity index (χ3v) is 3.83. The van der Waals surface area contributed by atoms with Gasteiger partial charge in [-0.05, 0) is 25.1 Å². The number of hydrogen-bond donors (Lipinski definition) is 1. The minimum Gasteiger partial charge on any atom is -0.296 e. The number of carbonyl (C=O) groups is 1. The Morgan fingerprint density at radius 3 is 2.62 bits per heavy atom. The summed E-state index contributed by atoms with van der Waals surface area (Å²) in [6, 6.07) is 17.1. The highest BCUT2D eigenvalue weighted by molar-refractivity contribution is 7.18. The Kier molecular flexibility index (Phi) is 3.75. The van der Waals surface area contributed by atoms with E-state index in [1.807, 2.05) is 49.4 Å². The van der Waals surface area contributed by atoms with Crippen LogP contribution in [0.3, 0.4) is 0 Å². The average Bonchev–Trinajstić information content (AvgIpc) is 2.97. The van der Waals surface area contributed by atoms with Crippen molar-refractivity contribution in [2.24, 2.45) is 0 Å². The minimum absolute atomic E-state index is 0.178. The summed E-state index contributed by atoms with van der Waals surface area (Å²) in [5.41, 5.74) is 2.77. The van der Waals surface area contributed by atoms with Gasteiger partial charge in [0.2, 0.25) is 5.13 Å². The van der Waals surface area contributed by atoms with Crippen LogP contribution in [0.2, 0.25) is 0 Å². The number of amides is 1. The van der Waals surface area contributed by atoms with Gasteiger partial charge in [0, 0.05) is 11.1 Å². The van der Waals surface area contributed by atoms with Gasteiger partial charge in [-0.15, -0.1) is 10.2 Å². The van der Waals surface area contributed by atoms with Crippen molar-refractivity contribution in [3.05, 3.63) is 65.7 Å². The molecule has 104 valence electrons. The summed E-state index contributed by atoms with van der Waals surface area (Å²) in [6.07, 6.45) is 0. The topological polar surface area (TPSA) is 54.9 Å². The molecule has 0 aliphatic carbocycles. The lowest BCUT2D eigenvalue weighted by Gasteiger charge is -2.00. The Hall–Kier alpha value is -2.53. The van der Waals surface area contributed by atoms with Gasteiger partial charge in [0.1, 0.15) is 5.01 Å². The van der Waals surface area contributed by atoms with E-state index in [1.165, 1.54) is 11.3 Å². The van der Waals surface area contributed by atoms with Crippen LogP contribution in [-0.4, -0.2) is 16.1 Å². The van der Waals surface area contributed by atoms with E-state index in [4.69, 9.17) is 0 Å². The van der Waals surface area contributed by atoms with E-state index in [-0.39, 0.29) is 5.91 Å². The highest BCUT2D eigenvalue weighted by atomic mass is 32.1. The van der Waals surface area contributed by atoms with Crippen molar-refractivity contribution in [3.63, 3.8) is 0 Å². The van der Waals surface area contributed by atoms with Gasteiger partial charge in [-0.1, -0.05) is 53.3 Å². The molecule has 4 nitrogen and oxygen atoms in total. The van der Waals surface area contributed by atoms with Gasteiger partial charge in [0.05, 0.1) is 0 Å². The zero-order valence-electron chi connectivity index (χ0n) is 11.4. The molecule has 3 aromatic rings. The predicted molar refractivity (Wildman–Crippen MR) is 84.5 cm³/mol. The van der Waals surface area contributed by atoms with E-state index in [2.05, 4.69) is 15.5 Å². The van der Waals surface area contributed by atoms with E-state index in [0.717, 1.165) is 16.1 Å². The maximum absolute atomic E-state index is 12.0. The first-order valence-corrected chi connectivity index (χ1v) is 7.31. The molecule has 1 heterocycles. The molecule has 0 radical (unpaired) electrons. The summed E-state index contributed by atoms with van der Waals surface area (Å²) >= 11 is 1.36. The molecule has 1 amide bonds. The van der Waals surface area contributed by atoms with Gasteiger partial charge in [0.15, 0.2) is 0 Å². The lowest BCUT2D eigenvalue weighted by molar-refractivity contribution is 0.102. The Morgan fingerprint density at radius 2 is 1.86 bits per heavy atom. The highest BCUT2D eigenvalue weighted by Crippen LogP contribution is 2.27. The molecule has 1 N–H and O–H groups in total. The number of aryl methyl sites for hydroxylation is 1. The van der Waals surface area contributed by atoms with Gasteiger partial charge in [-0.2, -0.15) is 0 Å². The molecule has 0 saturated carbocycles. The van der Waals surface area contributed by atoms with Crippen molar-refractivity contribution in [1.82, 2.24) is 10.2 Å². The molecule has 21 heavy (non-hydrogen) atoms. The number of nitrogens with zero attached hydrogens (tertiary/aromatic N) is 2. The lowest BCUT2D eigenvalue weighted by Crippen LogP contribution is -2.11. The Labute approximate surface area is 126 Å². The van der Waals surface area contributed by atoms with Crippen LogP contribution >= 0.6 is 11.3 Å². The number of carbonyl (C=O) groups excluding carboxylic acids is 1. The maximum Gasteiger partial charge on any atom is 0.257 e. The van der Waals surface area contributed by atoms with Gasteiger partial charge in [-0.25, -0.2) is 0 Å². The second kappa shape index (κ2) is 5.85. The maximum atomic E-state index is 12.0. The minimum atomic E-state index is -0.178. The summed E-state index contributed by atoms with van der Waals surface area (Å²) < 4.78 is 0. The molecule has 0 aliphatic heterocycles. The Balaban J connectivity index is 1.78. The second-order valence-electron chi connectivity index (χ2n) is 4.60. The smallest absolute Gasteiger partial charge is 0.257 e. The number of anilines is 1. The van der Waals surface area contributed by atoms with Crippen molar-refractivity contribution in [2.45, 2.75) is 6.92 Å². The zero-order valence-corrected chi connectivity index (χ0v) is 12.2. The van der Waals surface area contributed by atoms with Crippen molar-refractivity contribution < 1.29 is 4.79 Å². The largest absolute Gasteiger partial charge is 0.296 e. The van der Waals surface area contributed by atoms with Crippen molar-refractivity contribution in [1.29, 1.82) is 0 Å². The first kappa shape index (κ1) is 13.5. The third-order valence-electron chi connectivity index (χ3n) is 2.95. The first-order chi connectivity index (χ1) is 10.2. The molecule has 0 aliphatic rings. The van der Waals surface area contributed by atoms with Crippen LogP contribution in [-0.2, 0) is 0 Å². The zero-order chi connectivity index (χ0) is 14.7. The lowest BCUT2D eigenvalue weighted by atomic mass is 10.1. The highest BCUT2D eigenvalue weighted by Gasteiger charge is 2.10. The molecule has 0 spiro atoms. The van der Waals surface area contributed by atoms with Gasteiger partial charge in [-0.3, -0.25) is 10.1 Å². The molecular formula is C16H13N3OS. The quantitative estimate of drug-likeness (QED) is 0.800. The number of benzene rings is 2. The SMILES string of the molecule is Cc1cccc(-c2nnc(NC(=O)c3ccccc3)s2)c1. The van der Waals surface area contributed by atoms with E-state index in [0.29, 0.717) is 10.7 Å². The van der Waals surface area contributed by atoms with Crippen LogP contribution in [0.25, 0.3) is 10.6 Å². The average molecular weight is 295 g/mol. The molecular weight excluding hydrogens is 282 g/mol. The summed E-state index contributed by atoms with van der Waals surface area (Å²) in [6.45, 7) is 2.03. The normalized spacial score (nSPS) is 10.3. The number of aromatic nitrogens is 2. The van der Waals surface area contributed by atoms with Crippen LogP contribution in [0.15, 0.2) is 54.6 Å².